The van der Waals surface area contributed by atoms with E-state index in [0.29, 0.717) is 12.0 Å². The first kappa shape index (κ1) is 14.0. The van der Waals surface area contributed by atoms with E-state index in [4.69, 9.17) is 5.73 Å². The zero-order valence-corrected chi connectivity index (χ0v) is 11.6. The molecule has 0 fully saturated rings. The van der Waals surface area contributed by atoms with E-state index in [-0.39, 0.29) is 6.04 Å². The van der Waals surface area contributed by atoms with Crippen molar-refractivity contribution in [2.24, 2.45) is 11.7 Å². The lowest BCUT2D eigenvalue weighted by Crippen LogP contribution is -2.34. The maximum atomic E-state index is 5.80. The van der Waals surface area contributed by atoms with Gasteiger partial charge >= 0.3 is 0 Å². The Hall–Kier alpha value is -1.09. The number of pyridine rings is 1. The summed E-state index contributed by atoms with van der Waals surface area (Å²) in [6.07, 6.45) is 1.93. The lowest BCUT2D eigenvalue weighted by Gasteiger charge is -2.30. The van der Waals surface area contributed by atoms with Crippen LogP contribution in [0.5, 0.6) is 0 Å². The fourth-order valence-corrected chi connectivity index (χ4v) is 1.84. The molecule has 0 bridgehead atoms. The molecule has 1 rings (SSSR count). The quantitative estimate of drug-likeness (QED) is 0.853. The molecule has 0 amide bonds. The van der Waals surface area contributed by atoms with Gasteiger partial charge in [-0.3, -0.25) is 4.98 Å². The molecule has 0 aromatic carbocycles. The van der Waals surface area contributed by atoms with Crippen LogP contribution in [0, 0.1) is 5.92 Å². The molecular weight excluding hydrogens is 210 g/mol. The second kappa shape index (κ2) is 6.01. The Morgan fingerprint density at radius 2 is 1.82 bits per heavy atom. The van der Waals surface area contributed by atoms with Gasteiger partial charge in [0.15, 0.2) is 0 Å². The van der Waals surface area contributed by atoms with E-state index < -0.39 is 0 Å². The minimum absolute atomic E-state index is 0.00153. The Kier molecular flexibility index (Phi) is 4.94. The largest absolute Gasteiger partial charge is 0.368 e. The summed E-state index contributed by atoms with van der Waals surface area (Å²) < 4.78 is 0. The zero-order valence-electron chi connectivity index (χ0n) is 11.6. The minimum atomic E-state index is 0.00153. The summed E-state index contributed by atoms with van der Waals surface area (Å²) >= 11 is 0. The molecule has 0 spiro atoms. The molecule has 1 aromatic rings. The number of hydrogen-bond donors (Lipinski definition) is 1. The molecule has 2 N–H and O–H groups in total. The van der Waals surface area contributed by atoms with Crippen molar-refractivity contribution in [3.05, 3.63) is 24.0 Å². The first-order valence-corrected chi connectivity index (χ1v) is 6.40. The molecule has 1 heterocycles. The van der Waals surface area contributed by atoms with Gasteiger partial charge < -0.3 is 10.6 Å². The van der Waals surface area contributed by atoms with Crippen molar-refractivity contribution >= 4 is 5.69 Å². The van der Waals surface area contributed by atoms with Crippen LogP contribution in [-0.2, 0) is 0 Å². The lowest BCUT2D eigenvalue weighted by molar-refractivity contribution is 0.570. The average Bonchev–Trinajstić information content (AvgIpc) is 2.25. The third-order valence-corrected chi connectivity index (χ3v) is 2.75. The van der Waals surface area contributed by atoms with Gasteiger partial charge in [0, 0.05) is 18.6 Å². The van der Waals surface area contributed by atoms with Gasteiger partial charge in [-0.1, -0.05) is 13.8 Å². The number of anilines is 1. The standard InChI is InChI=1S/C14H25N3/c1-10(2)9-17(11(3)4)13-6-7-14(12(5)15)16-8-13/h6-8,10-12H,9,15H2,1-5H3. The Morgan fingerprint density at radius 1 is 1.18 bits per heavy atom. The highest BCUT2D eigenvalue weighted by Gasteiger charge is 2.12. The van der Waals surface area contributed by atoms with Crippen LogP contribution in [0.4, 0.5) is 5.69 Å². The second-order valence-electron chi connectivity index (χ2n) is 5.37. The number of rotatable bonds is 5. The molecule has 0 aliphatic carbocycles. The predicted molar refractivity (Wildman–Crippen MR) is 74.2 cm³/mol. The summed E-state index contributed by atoms with van der Waals surface area (Å²) in [7, 11) is 0. The molecule has 0 aliphatic rings. The van der Waals surface area contributed by atoms with Gasteiger partial charge in [0.1, 0.15) is 0 Å². The van der Waals surface area contributed by atoms with E-state index in [0.717, 1.165) is 12.2 Å². The van der Waals surface area contributed by atoms with Crippen LogP contribution in [0.25, 0.3) is 0 Å². The van der Waals surface area contributed by atoms with Crippen molar-refractivity contribution < 1.29 is 0 Å². The first-order valence-electron chi connectivity index (χ1n) is 6.40. The average molecular weight is 235 g/mol. The van der Waals surface area contributed by atoms with Crippen molar-refractivity contribution in [3.63, 3.8) is 0 Å². The van der Waals surface area contributed by atoms with Crippen LogP contribution in [0.2, 0.25) is 0 Å². The van der Waals surface area contributed by atoms with Gasteiger partial charge in [-0.15, -0.1) is 0 Å². The Morgan fingerprint density at radius 3 is 2.18 bits per heavy atom. The van der Waals surface area contributed by atoms with Crippen molar-refractivity contribution in [2.75, 3.05) is 11.4 Å². The van der Waals surface area contributed by atoms with Crippen LogP contribution in [0.3, 0.4) is 0 Å². The summed E-state index contributed by atoms with van der Waals surface area (Å²) in [6.45, 7) is 11.9. The van der Waals surface area contributed by atoms with Crippen molar-refractivity contribution in [1.82, 2.24) is 4.98 Å². The SMILES string of the molecule is CC(C)CN(c1ccc(C(C)N)nc1)C(C)C. The summed E-state index contributed by atoms with van der Waals surface area (Å²) in [6, 6.07) is 4.63. The fraction of sp³-hybridized carbons (Fsp3) is 0.643. The monoisotopic (exact) mass is 235 g/mol. The van der Waals surface area contributed by atoms with Gasteiger partial charge in [-0.2, -0.15) is 0 Å². The van der Waals surface area contributed by atoms with E-state index in [1.807, 2.05) is 19.2 Å². The Balaban J connectivity index is 2.87. The highest BCUT2D eigenvalue weighted by Crippen LogP contribution is 2.19. The molecule has 3 heteroatoms. The topological polar surface area (TPSA) is 42.1 Å². The van der Waals surface area contributed by atoms with Crippen molar-refractivity contribution in [2.45, 2.75) is 46.7 Å². The molecule has 0 saturated heterocycles. The smallest absolute Gasteiger partial charge is 0.0569 e. The molecule has 1 unspecified atom stereocenters. The van der Waals surface area contributed by atoms with Crippen molar-refractivity contribution in [3.8, 4) is 0 Å². The number of aromatic nitrogens is 1. The maximum Gasteiger partial charge on any atom is 0.0569 e. The van der Waals surface area contributed by atoms with E-state index in [9.17, 15) is 0 Å². The third-order valence-electron chi connectivity index (χ3n) is 2.75. The van der Waals surface area contributed by atoms with Gasteiger partial charge in [0.05, 0.1) is 17.6 Å². The highest BCUT2D eigenvalue weighted by atomic mass is 15.2. The van der Waals surface area contributed by atoms with Gasteiger partial charge in [0.2, 0.25) is 0 Å². The van der Waals surface area contributed by atoms with Crippen LogP contribution in [-0.4, -0.2) is 17.6 Å². The van der Waals surface area contributed by atoms with Gasteiger partial charge in [0.25, 0.3) is 0 Å². The summed E-state index contributed by atoms with van der Waals surface area (Å²) in [5, 5.41) is 0. The first-order chi connectivity index (χ1) is 7.91. The Bertz CT molecular complexity index is 328. The zero-order chi connectivity index (χ0) is 13.0. The van der Waals surface area contributed by atoms with Crippen molar-refractivity contribution in [1.29, 1.82) is 0 Å². The molecule has 0 radical (unpaired) electrons. The van der Waals surface area contributed by atoms with Crippen LogP contribution in [0.1, 0.15) is 46.4 Å². The van der Waals surface area contributed by atoms with Gasteiger partial charge in [-0.25, -0.2) is 0 Å². The molecule has 0 saturated carbocycles. The highest BCUT2D eigenvalue weighted by molar-refractivity contribution is 5.45. The molecule has 17 heavy (non-hydrogen) atoms. The number of hydrogen-bond acceptors (Lipinski definition) is 3. The molecule has 1 aromatic heterocycles. The van der Waals surface area contributed by atoms with E-state index in [1.165, 1.54) is 5.69 Å². The molecular formula is C14H25N3. The summed E-state index contributed by atoms with van der Waals surface area (Å²) in [4.78, 5) is 6.80. The number of nitrogens with two attached hydrogens (primary N) is 1. The minimum Gasteiger partial charge on any atom is -0.368 e. The van der Waals surface area contributed by atoms with Crippen LogP contribution in [0.15, 0.2) is 18.3 Å². The third kappa shape index (κ3) is 4.00. The molecule has 1 atom stereocenters. The van der Waals surface area contributed by atoms with Crippen LogP contribution >= 0.6 is 0 Å². The predicted octanol–water partition coefficient (Wildman–Crippen LogP) is 2.97. The normalized spacial score (nSPS) is 13.2. The molecule has 3 nitrogen and oxygen atoms in total. The van der Waals surface area contributed by atoms with Gasteiger partial charge in [-0.05, 0) is 38.8 Å². The lowest BCUT2D eigenvalue weighted by atomic mass is 10.1. The second-order valence-corrected chi connectivity index (χ2v) is 5.37. The fourth-order valence-electron chi connectivity index (χ4n) is 1.84. The molecule has 0 aliphatic heterocycles. The number of nitrogens with zero attached hydrogens (tertiary/aromatic N) is 2. The molecule has 96 valence electrons. The maximum absolute atomic E-state index is 5.80. The van der Waals surface area contributed by atoms with E-state index in [2.05, 4.69) is 43.6 Å². The summed E-state index contributed by atoms with van der Waals surface area (Å²) in [5.74, 6) is 0.644. The Labute approximate surface area is 105 Å². The van der Waals surface area contributed by atoms with E-state index >= 15 is 0 Å². The summed E-state index contributed by atoms with van der Waals surface area (Å²) in [5.41, 5.74) is 7.93. The van der Waals surface area contributed by atoms with Crippen LogP contribution < -0.4 is 10.6 Å². The van der Waals surface area contributed by atoms with E-state index in [1.54, 1.807) is 0 Å².